The average Bonchev–Trinajstić information content (AvgIpc) is 3.25. The summed E-state index contributed by atoms with van der Waals surface area (Å²) in [5.41, 5.74) is 3.09. The summed E-state index contributed by atoms with van der Waals surface area (Å²) < 4.78 is 25.4. The van der Waals surface area contributed by atoms with Crippen LogP contribution >= 0.6 is 0 Å². The van der Waals surface area contributed by atoms with Gasteiger partial charge in [-0.1, -0.05) is 13.8 Å². The predicted octanol–water partition coefficient (Wildman–Crippen LogP) is 3.83. The highest BCUT2D eigenvalue weighted by Crippen LogP contribution is 2.41. The highest BCUT2D eigenvalue weighted by Gasteiger charge is 2.36. The van der Waals surface area contributed by atoms with Crippen molar-refractivity contribution in [3.05, 3.63) is 52.3 Å². The normalized spacial score (nSPS) is 15.7. The molecule has 4 rings (SSSR count). The van der Waals surface area contributed by atoms with Crippen molar-refractivity contribution < 1.29 is 28.6 Å². The molecule has 0 aromatic heterocycles. The first-order valence-corrected chi connectivity index (χ1v) is 11.5. The monoisotopic (exact) mass is 483 g/mol. The molecule has 186 valence electrons. The maximum Gasteiger partial charge on any atom is 0.303 e. The zero-order chi connectivity index (χ0) is 25.5. The number of fused-ring (bicyclic) bond motifs is 2. The lowest BCUT2D eigenvalue weighted by molar-refractivity contribution is -0.137. The molecule has 0 unspecified atom stereocenters. The number of methoxy groups -OCH3 is 2. The van der Waals surface area contributed by atoms with Crippen LogP contribution in [0.5, 0.6) is 11.5 Å². The van der Waals surface area contributed by atoms with Crippen molar-refractivity contribution >= 4 is 23.3 Å². The molecule has 2 heterocycles. The summed E-state index contributed by atoms with van der Waals surface area (Å²) in [4.78, 5) is 27.8. The van der Waals surface area contributed by atoms with Crippen LogP contribution in [0.25, 0.3) is 0 Å². The Morgan fingerprint density at radius 1 is 1.17 bits per heavy atom. The van der Waals surface area contributed by atoms with Gasteiger partial charge in [-0.25, -0.2) is 4.39 Å². The fourth-order valence-electron chi connectivity index (χ4n) is 5.02. The number of hydrogen-bond acceptors (Lipinski definition) is 6. The Labute approximate surface area is 203 Å². The minimum atomic E-state index is -0.809. The SMILES string of the molecule is COc1cc2c(c(F)c1OC)C(=N)N(CC(=O)c1ccc3c(c1)C(C)(C)CN3CCCC(=O)O)C2. The van der Waals surface area contributed by atoms with E-state index in [0.29, 0.717) is 24.1 Å². The number of nitrogens with zero attached hydrogens (tertiary/aromatic N) is 2. The number of hydrogen-bond donors (Lipinski definition) is 2. The lowest BCUT2D eigenvalue weighted by atomic mass is 9.85. The van der Waals surface area contributed by atoms with Crippen molar-refractivity contribution in [2.45, 2.75) is 38.6 Å². The van der Waals surface area contributed by atoms with Crippen LogP contribution in [0.15, 0.2) is 24.3 Å². The number of aliphatic carboxylic acids is 1. The van der Waals surface area contributed by atoms with Crippen LogP contribution < -0.4 is 14.4 Å². The van der Waals surface area contributed by atoms with Crippen LogP contribution in [0.1, 0.15) is 53.7 Å². The number of ether oxygens (including phenoxy) is 2. The predicted molar refractivity (Wildman–Crippen MR) is 130 cm³/mol. The Balaban J connectivity index is 1.52. The van der Waals surface area contributed by atoms with Gasteiger partial charge >= 0.3 is 5.97 Å². The first kappa shape index (κ1) is 24.5. The van der Waals surface area contributed by atoms with E-state index in [0.717, 1.165) is 17.8 Å². The highest BCUT2D eigenvalue weighted by atomic mass is 19.1. The van der Waals surface area contributed by atoms with Gasteiger partial charge in [0.15, 0.2) is 23.1 Å². The summed E-state index contributed by atoms with van der Waals surface area (Å²) in [5, 5.41) is 17.4. The Hall–Kier alpha value is -3.62. The number of nitrogens with one attached hydrogen (secondary N) is 1. The first-order chi connectivity index (χ1) is 16.6. The van der Waals surface area contributed by atoms with E-state index in [1.54, 1.807) is 17.0 Å². The number of carbonyl (C=O) groups is 2. The average molecular weight is 484 g/mol. The van der Waals surface area contributed by atoms with E-state index in [4.69, 9.17) is 20.0 Å². The maximum absolute atomic E-state index is 15.0. The number of rotatable bonds is 9. The molecule has 0 radical (unpaired) electrons. The molecule has 0 saturated heterocycles. The van der Waals surface area contributed by atoms with Gasteiger partial charge in [0, 0.05) is 42.7 Å². The molecule has 2 aliphatic rings. The van der Waals surface area contributed by atoms with E-state index < -0.39 is 11.8 Å². The molecule has 0 fully saturated rings. The van der Waals surface area contributed by atoms with Crippen molar-refractivity contribution in [3.63, 3.8) is 0 Å². The van der Waals surface area contributed by atoms with Gasteiger partial charge in [0.25, 0.3) is 0 Å². The smallest absolute Gasteiger partial charge is 0.303 e. The molecule has 8 nitrogen and oxygen atoms in total. The van der Waals surface area contributed by atoms with Crippen molar-refractivity contribution in [2.24, 2.45) is 0 Å². The second-order valence-electron chi connectivity index (χ2n) is 9.62. The molecular weight excluding hydrogens is 453 g/mol. The topological polar surface area (TPSA) is 103 Å². The fourth-order valence-corrected chi connectivity index (χ4v) is 5.02. The van der Waals surface area contributed by atoms with Gasteiger partial charge in [0.05, 0.1) is 26.3 Å². The molecular formula is C26H30FN3O5. The molecule has 0 bridgehead atoms. The molecule has 0 amide bonds. The number of carboxylic acid groups (broad SMARTS) is 1. The van der Waals surface area contributed by atoms with E-state index in [-0.39, 0.29) is 53.6 Å². The lowest BCUT2D eigenvalue weighted by Gasteiger charge is -2.22. The molecule has 0 atom stereocenters. The van der Waals surface area contributed by atoms with E-state index in [9.17, 15) is 9.59 Å². The number of Topliss-reactive ketones (excluding diaryl/α,β-unsaturated/α-hetero) is 1. The summed E-state index contributed by atoms with van der Waals surface area (Å²) in [6.07, 6.45) is 0.667. The van der Waals surface area contributed by atoms with E-state index in [1.165, 1.54) is 14.2 Å². The highest BCUT2D eigenvalue weighted by molar-refractivity contribution is 6.06. The summed E-state index contributed by atoms with van der Waals surface area (Å²) in [6.45, 7) is 5.76. The number of carboxylic acids is 1. The van der Waals surface area contributed by atoms with Gasteiger partial charge < -0.3 is 24.4 Å². The largest absolute Gasteiger partial charge is 0.493 e. The van der Waals surface area contributed by atoms with Gasteiger partial charge in [-0.2, -0.15) is 0 Å². The molecule has 0 spiro atoms. The summed E-state index contributed by atoms with van der Waals surface area (Å²) in [7, 11) is 2.77. The van der Waals surface area contributed by atoms with E-state index >= 15 is 4.39 Å². The molecule has 2 N–H and O–H groups in total. The van der Waals surface area contributed by atoms with Crippen LogP contribution in [0.2, 0.25) is 0 Å². The number of anilines is 1. The van der Waals surface area contributed by atoms with Gasteiger partial charge in [-0.05, 0) is 41.8 Å². The Morgan fingerprint density at radius 3 is 2.57 bits per heavy atom. The third-order valence-corrected chi connectivity index (χ3v) is 6.73. The third kappa shape index (κ3) is 4.42. The van der Waals surface area contributed by atoms with Crippen molar-refractivity contribution in [2.75, 3.05) is 38.8 Å². The summed E-state index contributed by atoms with van der Waals surface area (Å²) in [5.74, 6) is -1.50. The van der Waals surface area contributed by atoms with Crippen molar-refractivity contribution in [3.8, 4) is 11.5 Å². The number of benzene rings is 2. The van der Waals surface area contributed by atoms with Crippen molar-refractivity contribution in [1.82, 2.24) is 4.90 Å². The molecule has 0 saturated carbocycles. The van der Waals surface area contributed by atoms with E-state index in [1.807, 2.05) is 12.1 Å². The Kier molecular flexibility index (Phi) is 6.44. The third-order valence-electron chi connectivity index (χ3n) is 6.73. The molecule has 2 aromatic carbocycles. The number of ketones is 1. The van der Waals surface area contributed by atoms with Crippen LogP contribution in [0.3, 0.4) is 0 Å². The van der Waals surface area contributed by atoms with Crippen LogP contribution in [0.4, 0.5) is 10.1 Å². The molecule has 9 heteroatoms. The zero-order valence-electron chi connectivity index (χ0n) is 20.4. The van der Waals surface area contributed by atoms with Gasteiger partial charge in [-0.3, -0.25) is 15.0 Å². The fraction of sp³-hybridized carbons (Fsp3) is 0.423. The minimum Gasteiger partial charge on any atom is -0.493 e. The van der Waals surface area contributed by atoms with Crippen LogP contribution in [-0.4, -0.2) is 61.4 Å². The maximum atomic E-state index is 15.0. The second-order valence-corrected chi connectivity index (χ2v) is 9.62. The van der Waals surface area contributed by atoms with Crippen LogP contribution in [0, 0.1) is 11.2 Å². The molecule has 0 aliphatic carbocycles. The number of amidine groups is 1. The quantitative estimate of drug-likeness (QED) is 0.523. The lowest BCUT2D eigenvalue weighted by Crippen LogP contribution is -2.30. The standard InChI is InChI=1S/C26H30FN3O5/c1-26(2)14-29(9-5-6-21(32)33)18-8-7-15(10-17(18)26)19(31)13-30-12-16-11-20(34-3)24(35-4)23(27)22(16)25(30)28/h7-8,10-11,28H,5-6,9,12-14H2,1-4H3,(H,32,33). The summed E-state index contributed by atoms with van der Waals surface area (Å²) >= 11 is 0. The zero-order valence-corrected chi connectivity index (χ0v) is 20.4. The van der Waals surface area contributed by atoms with Crippen LogP contribution in [-0.2, 0) is 16.8 Å². The molecule has 2 aliphatic heterocycles. The number of halogens is 1. The van der Waals surface area contributed by atoms with Gasteiger partial charge in [0.2, 0.25) is 0 Å². The van der Waals surface area contributed by atoms with E-state index in [2.05, 4.69) is 18.7 Å². The minimum absolute atomic E-state index is 0.0564. The van der Waals surface area contributed by atoms with Gasteiger partial charge in [0.1, 0.15) is 5.84 Å². The first-order valence-electron chi connectivity index (χ1n) is 11.5. The molecule has 2 aromatic rings. The Bertz CT molecular complexity index is 1210. The second kappa shape index (κ2) is 9.20. The van der Waals surface area contributed by atoms with Crippen molar-refractivity contribution in [1.29, 1.82) is 5.41 Å². The number of carbonyl (C=O) groups excluding carboxylic acids is 1. The summed E-state index contributed by atoms with van der Waals surface area (Å²) in [6, 6.07) is 7.23. The van der Waals surface area contributed by atoms with Gasteiger partial charge in [-0.15, -0.1) is 0 Å². The molecule has 35 heavy (non-hydrogen) atoms. The Morgan fingerprint density at radius 2 is 1.91 bits per heavy atom.